The predicted octanol–water partition coefficient (Wildman–Crippen LogP) is 2.73. The Morgan fingerprint density at radius 3 is 2.67 bits per heavy atom. The van der Waals surface area contributed by atoms with Gasteiger partial charge in [-0.1, -0.05) is 37.3 Å². The predicted molar refractivity (Wildman–Crippen MR) is 71.8 cm³/mol. The molecule has 1 heterocycles. The second kappa shape index (κ2) is 5.25. The van der Waals surface area contributed by atoms with E-state index >= 15 is 0 Å². The zero-order chi connectivity index (χ0) is 13.0. The molecule has 1 aliphatic rings. The van der Waals surface area contributed by atoms with Gasteiger partial charge >= 0.3 is 5.97 Å². The molecule has 0 saturated heterocycles. The van der Waals surface area contributed by atoms with E-state index in [1.807, 2.05) is 38.2 Å². The molecular weight excluding hydrogens is 226 g/mol. The molecule has 1 aromatic carbocycles. The molecule has 1 aliphatic heterocycles. The molecule has 1 N–H and O–H groups in total. The lowest BCUT2D eigenvalue weighted by molar-refractivity contribution is -0.150. The normalized spacial score (nSPS) is 22.2. The quantitative estimate of drug-likeness (QED) is 0.829. The third-order valence-corrected chi connectivity index (χ3v) is 3.43. The van der Waals surface area contributed by atoms with Crippen molar-refractivity contribution in [3.63, 3.8) is 0 Å². The molecule has 0 radical (unpaired) electrons. The molecule has 0 aromatic heterocycles. The van der Waals surface area contributed by atoms with Crippen LogP contribution in [0.4, 0.5) is 0 Å². The van der Waals surface area contributed by atoms with E-state index in [2.05, 4.69) is 17.4 Å². The van der Waals surface area contributed by atoms with Crippen molar-refractivity contribution in [1.29, 1.82) is 0 Å². The van der Waals surface area contributed by atoms with Crippen molar-refractivity contribution in [2.75, 3.05) is 6.61 Å². The van der Waals surface area contributed by atoms with E-state index in [1.165, 1.54) is 0 Å². The third kappa shape index (κ3) is 2.26. The molecule has 2 rings (SSSR count). The van der Waals surface area contributed by atoms with Gasteiger partial charge in [0.15, 0.2) is 0 Å². The van der Waals surface area contributed by atoms with Gasteiger partial charge in [-0.25, -0.2) is 4.79 Å². The summed E-state index contributed by atoms with van der Waals surface area (Å²) >= 11 is 0. The van der Waals surface area contributed by atoms with Crippen LogP contribution in [0.3, 0.4) is 0 Å². The summed E-state index contributed by atoms with van der Waals surface area (Å²) in [5.41, 5.74) is 1.73. The van der Waals surface area contributed by atoms with Crippen LogP contribution in [0.1, 0.15) is 32.3 Å². The molecule has 1 atom stereocenters. The molecule has 1 aromatic rings. The molecule has 0 saturated carbocycles. The van der Waals surface area contributed by atoms with Gasteiger partial charge in [-0.2, -0.15) is 0 Å². The van der Waals surface area contributed by atoms with Crippen molar-refractivity contribution < 1.29 is 9.53 Å². The van der Waals surface area contributed by atoms with E-state index in [4.69, 9.17) is 4.74 Å². The summed E-state index contributed by atoms with van der Waals surface area (Å²) < 4.78 is 5.17. The number of hydrogen-bond donors (Lipinski definition) is 1. The number of nitrogens with one attached hydrogen (secondary N) is 1. The van der Waals surface area contributed by atoms with Gasteiger partial charge in [-0.05, 0) is 24.5 Å². The van der Waals surface area contributed by atoms with Gasteiger partial charge in [0.25, 0.3) is 0 Å². The molecule has 0 fully saturated rings. The summed E-state index contributed by atoms with van der Waals surface area (Å²) in [5.74, 6) is -0.158. The average molecular weight is 245 g/mol. The Morgan fingerprint density at radius 2 is 2.06 bits per heavy atom. The lowest BCUT2D eigenvalue weighted by Crippen LogP contribution is -2.47. The van der Waals surface area contributed by atoms with Crippen molar-refractivity contribution >= 4 is 11.5 Å². The van der Waals surface area contributed by atoms with Crippen molar-refractivity contribution in [1.82, 2.24) is 5.32 Å². The molecule has 3 nitrogen and oxygen atoms in total. The standard InChI is InChI=1S/C15H19NO2/c1-3-15(14(17)18-4-2)10-13(11-16-15)12-8-6-5-7-9-12/h5-9,11,16H,3-4,10H2,1-2H3. The number of benzene rings is 1. The summed E-state index contributed by atoms with van der Waals surface area (Å²) in [6, 6.07) is 10.1. The number of carbonyl (C=O) groups is 1. The first-order chi connectivity index (χ1) is 8.72. The van der Waals surface area contributed by atoms with Crippen LogP contribution in [0, 0.1) is 0 Å². The molecule has 0 spiro atoms. The van der Waals surface area contributed by atoms with Crippen molar-refractivity contribution in [2.24, 2.45) is 0 Å². The SMILES string of the molecule is CCOC(=O)C1(CC)CC(c2ccccc2)=CN1. The topological polar surface area (TPSA) is 38.3 Å². The van der Waals surface area contributed by atoms with Gasteiger partial charge in [-0.3, -0.25) is 0 Å². The van der Waals surface area contributed by atoms with Gasteiger partial charge < -0.3 is 10.1 Å². The second-order valence-electron chi connectivity index (χ2n) is 4.51. The summed E-state index contributed by atoms with van der Waals surface area (Å²) in [7, 11) is 0. The van der Waals surface area contributed by atoms with E-state index < -0.39 is 5.54 Å². The highest BCUT2D eigenvalue weighted by molar-refractivity contribution is 5.86. The van der Waals surface area contributed by atoms with Gasteiger partial charge in [0.1, 0.15) is 5.54 Å². The molecular formula is C15H19NO2. The summed E-state index contributed by atoms with van der Waals surface area (Å²) in [6.07, 6.45) is 3.35. The van der Waals surface area contributed by atoms with Crippen molar-refractivity contribution in [3.05, 3.63) is 42.1 Å². The maximum Gasteiger partial charge on any atom is 0.332 e. The van der Waals surface area contributed by atoms with E-state index in [9.17, 15) is 4.79 Å². The third-order valence-electron chi connectivity index (χ3n) is 3.43. The highest BCUT2D eigenvalue weighted by atomic mass is 16.5. The summed E-state index contributed by atoms with van der Waals surface area (Å²) in [6.45, 7) is 4.26. The Kier molecular flexibility index (Phi) is 3.70. The fraction of sp³-hybridized carbons (Fsp3) is 0.400. The number of carbonyl (C=O) groups excluding carboxylic acids is 1. The van der Waals surface area contributed by atoms with Crippen molar-refractivity contribution in [3.8, 4) is 0 Å². The Morgan fingerprint density at radius 1 is 1.33 bits per heavy atom. The zero-order valence-electron chi connectivity index (χ0n) is 10.9. The van der Waals surface area contributed by atoms with Crippen LogP contribution in [0.2, 0.25) is 0 Å². The zero-order valence-corrected chi connectivity index (χ0v) is 10.9. The lowest BCUT2D eigenvalue weighted by atomic mass is 9.89. The first kappa shape index (κ1) is 12.7. The monoisotopic (exact) mass is 245 g/mol. The van der Waals surface area contributed by atoms with Crippen LogP contribution in [-0.2, 0) is 9.53 Å². The molecule has 0 aliphatic carbocycles. The summed E-state index contributed by atoms with van der Waals surface area (Å²) in [5, 5.41) is 3.22. The molecule has 0 amide bonds. The van der Waals surface area contributed by atoms with E-state index in [-0.39, 0.29) is 5.97 Å². The highest BCUT2D eigenvalue weighted by Gasteiger charge is 2.41. The lowest BCUT2D eigenvalue weighted by Gasteiger charge is -2.26. The number of ether oxygens (including phenoxy) is 1. The maximum absolute atomic E-state index is 12.1. The Balaban J connectivity index is 2.16. The Bertz CT molecular complexity index is 453. The largest absolute Gasteiger partial charge is 0.464 e. The number of esters is 1. The van der Waals surface area contributed by atoms with Crippen LogP contribution in [0.5, 0.6) is 0 Å². The first-order valence-electron chi connectivity index (χ1n) is 6.41. The van der Waals surface area contributed by atoms with Gasteiger partial charge in [0, 0.05) is 12.6 Å². The van der Waals surface area contributed by atoms with Crippen LogP contribution in [0.15, 0.2) is 36.5 Å². The smallest absolute Gasteiger partial charge is 0.332 e. The van der Waals surface area contributed by atoms with Gasteiger partial charge in [0.05, 0.1) is 6.61 Å². The molecule has 3 heteroatoms. The molecule has 96 valence electrons. The minimum Gasteiger partial charge on any atom is -0.464 e. The fourth-order valence-electron chi connectivity index (χ4n) is 2.26. The second-order valence-corrected chi connectivity index (χ2v) is 4.51. The number of rotatable bonds is 4. The Hall–Kier alpha value is -1.77. The van der Waals surface area contributed by atoms with Gasteiger partial charge in [0.2, 0.25) is 0 Å². The van der Waals surface area contributed by atoms with E-state index in [1.54, 1.807) is 0 Å². The summed E-state index contributed by atoms with van der Waals surface area (Å²) in [4.78, 5) is 12.1. The van der Waals surface area contributed by atoms with E-state index in [0.29, 0.717) is 13.0 Å². The average Bonchev–Trinajstić information content (AvgIpc) is 2.86. The van der Waals surface area contributed by atoms with Crippen LogP contribution >= 0.6 is 0 Å². The van der Waals surface area contributed by atoms with Crippen LogP contribution in [-0.4, -0.2) is 18.1 Å². The van der Waals surface area contributed by atoms with Crippen molar-refractivity contribution in [2.45, 2.75) is 32.2 Å². The molecule has 1 unspecified atom stereocenters. The fourth-order valence-corrected chi connectivity index (χ4v) is 2.26. The highest BCUT2D eigenvalue weighted by Crippen LogP contribution is 2.33. The molecule has 18 heavy (non-hydrogen) atoms. The molecule has 0 bridgehead atoms. The minimum atomic E-state index is -0.582. The Labute approximate surface area is 108 Å². The maximum atomic E-state index is 12.1. The minimum absolute atomic E-state index is 0.158. The number of hydrogen-bond acceptors (Lipinski definition) is 3. The van der Waals surface area contributed by atoms with E-state index in [0.717, 1.165) is 17.6 Å². The van der Waals surface area contributed by atoms with Gasteiger partial charge in [-0.15, -0.1) is 0 Å². The first-order valence-corrected chi connectivity index (χ1v) is 6.41. The van der Waals surface area contributed by atoms with Crippen LogP contribution in [0.25, 0.3) is 5.57 Å². The van der Waals surface area contributed by atoms with Crippen LogP contribution < -0.4 is 5.32 Å².